The van der Waals surface area contributed by atoms with E-state index in [2.05, 4.69) is 60.7 Å². The van der Waals surface area contributed by atoms with Gasteiger partial charge in [0.15, 0.2) is 0 Å². The van der Waals surface area contributed by atoms with Gasteiger partial charge in [-0.15, -0.1) is 0 Å². The zero-order valence-electron chi connectivity index (χ0n) is 13.8. The first-order valence-corrected chi connectivity index (χ1v) is 9.00. The summed E-state index contributed by atoms with van der Waals surface area (Å²) in [5.41, 5.74) is 4.63. The van der Waals surface area contributed by atoms with Gasteiger partial charge in [0.25, 0.3) is 0 Å². The summed E-state index contributed by atoms with van der Waals surface area (Å²) in [5.74, 6) is 0.796. The Morgan fingerprint density at radius 2 is 1.71 bits per heavy atom. The highest BCUT2D eigenvalue weighted by Gasteiger charge is 2.39. The monoisotopic (exact) mass is 358 g/mol. The van der Waals surface area contributed by atoms with E-state index in [-0.39, 0.29) is 6.04 Å². The number of hydrogen-bond acceptors (Lipinski definition) is 2. The fourth-order valence-electron chi connectivity index (χ4n) is 3.94. The van der Waals surface area contributed by atoms with Crippen molar-refractivity contribution in [1.29, 1.82) is 0 Å². The predicted molar refractivity (Wildman–Crippen MR) is 104 cm³/mol. The average molecular weight is 359 g/mol. The molecule has 0 radical (unpaired) electrons. The maximum absolute atomic E-state index is 6.49. The zero-order chi connectivity index (χ0) is 16.8. The molecule has 1 heterocycles. The highest BCUT2D eigenvalue weighted by molar-refractivity contribution is 6.36. The molecular formula is C20H20Cl2N2. The summed E-state index contributed by atoms with van der Waals surface area (Å²) in [6.07, 6.45) is 5.61. The van der Waals surface area contributed by atoms with Gasteiger partial charge < -0.3 is 10.2 Å². The number of nitrogens with zero attached hydrogens (tertiary/aromatic N) is 1. The molecule has 2 aromatic carbocycles. The molecule has 2 nitrogen and oxygen atoms in total. The van der Waals surface area contributed by atoms with E-state index in [9.17, 15) is 0 Å². The largest absolute Gasteiger partial charge is 0.378 e. The van der Waals surface area contributed by atoms with Crippen molar-refractivity contribution in [3.63, 3.8) is 0 Å². The minimum Gasteiger partial charge on any atom is -0.378 e. The van der Waals surface area contributed by atoms with E-state index in [1.165, 1.54) is 11.3 Å². The third-order valence-electron chi connectivity index (χ3n) is 5.18. The summed E-state index contributed by atoms with van der Waals surface area (Å²) in [7, 11) is 4.12. The third-order valence-corrected chi connectivity index (χ3v) is 5.83. The van der Waals surface area contributed by atoms with Crippen molar-refractivity contribution in [3.8, 4) is 0 Å². The molecule has 4 heteroatoms. The van der Waals surface area contributed by atoms with Gasteiger partial charge in [-0.3, -0.25) is 0 Å². The first-order chi connectivity index (χ1) is 11.6. The molecule has 1 aliphatic carbocycles. The molecule has 0 saturated heterocycles. The average Bonchev–Trinajstić information content (AvgIpc) is 3.07. The number of allylic oxidation sites excluding steroid dienone is 2. The number of fused-ring (bicyclic) bond motifs is 3. The summed E-state index contributed by atoms with van der Waals surface area (Å²) in [6, 6.07) is 12.8. The van der Waals surface area contributed by atoms with Gasteiger partial charge in [-0.1, -0.05) is 47.5 Å². The lowest BCUT2D eigenvalue weighted by atomic mass is 9.77. The Bertz CT molecular complexity index is 796. The van der Waals surface area contributed by atoms with Gasteiger partial charge in [0.1, 0.15) is 0 Å². The molecule has 0 bridgehead atoms. The first kappa shape index (κ1) is 15.9. The van der Waals surface area contributed by atoms with Crippen molar-refractivity contribution in [1.82, 2.24) is 0 Å². The van der Waals surface area contributed by atoms with Crippen LogP contribution in [0.5, 0.6) is 0 Å². The quantitative estimate of drug-likeness (QED) is 0.673. The minimum absolute atomic E-state index is 0.240. The van der Waals surface area contributed by atoms with Crippen molar-refractivity contribution in [3.05, 3.63) is 69.7 Å². The van der Waals surface area contributed by atoms with Gasteiger partial charge in [0, 0.05) is 36.3 Å². The number of nitrogens with one attached hydrogen (secondary N) is 1. The van der Waals surface area contributed by atoms with Crippen molar-refractivity contribution in [2.45, 2.75) is 18.4 Å². The van der Waals surface area contributed by atoms with Crippen LogP contribution in [0.1, 0.15) is 29.5 Å². The second kappa shape index (κ2) is 6.02. The highest BCUT2D eigenvalue weighted by atomic mass is 35.5. The van der Waals surface area contributed by atoms with Crippen LogP contribution in [-0.4, -0.2) is 14.1 Å². The molecule has 0 saturated carbocycles. The molecule has 124 valence electrons. The summed E-state index contributed by atoms with van der Waals surface area (Å²) in [4.78, 5) is 2.12. The Morgan fingerprint density at radius 1 is 1.00 bits per heavy atom. The molecule has 2 aromatic rings. The van der Waals surface area contributed by atoms with E-state index >= 15 is 0 Å². The van der Waals surface area contributed by atoms with Crippen molar-refractivity contribution >= 4 is 34.6 Å². The Kier molecular flexibility index (Phi) is 3.98. The van der Waals surface area contributed by atoms with Crippen LogP contribution in [0.3, 0.4) is 0 Å². The maximum Gasteiger partial charge on any atom is 0.0641 e. The number of benzene rings is 2. The molecule has 24 heavy (non-hydrogen) atoms. The smallest absolute Gasteiger partial charge is 0.0641 e. The van der Waals surface area contributed by atoms with E-state index in [0.29, 0.717) is 11.8 Å². The second-order valence-electron chi connectivity index (χ2n) is 6.78. The lowest BCUT2D eigenvalue weighted by molar-refractivity contribution is 0.426. The topological polar surface area (TPSA) is 15.3 Å². The van der Waals surface area contributed by atoms with Gasteiger partial charge in [-0.05, 0) is 42.2 Å². The molecule has 1 aliphatic heterocycles. The van der Waals surface area contributed by atoms with Crippen LogP contribution in [0.4, 0.5) is 11.4 Å². The lowest BCUT2D eigenvalue weighted by Gasteiger charge is -2.38. The molecule has 3 unspecified atom stereocenters. The van der Waals surface area contributed by atoms with E-state index < -0.39 is 0 Å². The van der Waals surface area contributed by atoms with Crippen LogP contribution in [-0.2, 0) is 0 Å². The van der Waals surface area contributed by atoms with Crippen LogP contribution in [0, 0.1) is 5.92 Å². The van der Waals surface area contributed by atoms with Crippen molar-refractivity contribution in [2.75, 3.05) is 24.3 Å². The van der Waals surface area contributed by atoms with Crippen LogP contribution in [0.15, 0.2) is 48.6 Å². The molecular weight excluding hydrogens is 339 g/mol. The fourth-order valence-corrected chi connectivity index (χ4v) is 4.44. The Labute approximate surface area is 153 Å². The highest BCUT2D eigenvalue weighted by Crippen LogP contribution is 2.53. The van der Waals surface area contributed by atoms with E-state index in [1.807, 2.05) is 12.1 Å². The van der Waals surface area contributed by atoms with Gasteiger partial charge in [0.2, 0.25) is 0 Å². The lowest BCUT2D eigenvalue weighted by Crippen LogP contribution is -2.29. The Balaban J connectivity index is 1.77. The number of anilines is 2. The first-order valence-electron chi connectivity index (χ1n) is 8.24. The summed E-state index contributed by atoms with van der Waals surface area (Å²) < 4.78 is 0. The molecule has 2 aliphatic rings. The van der Waals surface area contributed by atoms with Crippen LogP contribution < -0.4 is 10.2 Å². The summed E-state index contributed by atoms with van der Waals surface area (Å²) >= 11 is 13.0. The van der Waals surface area contributed by atoms with Crippen molar-refractivity contribution < 1.29 is 0 Å². The van der Waals surface area contributed by atoms with Crippen LogP contribution >= 0.6 is 23.2 Å². The minimum atomic E-state index is 0.240. The predicted octanol–water partition coefficient (Wildman–Crippen LogP) is 5.89. The fraction of sp³-hybridized carbons (Fsp3) is 0.300. The van der Waals surface area contributed by atoms with Crippen molar-refractivity contribution in [2.24, 2.45) is 5.92 Å². The molecule has 0 fully saturated rings. The standard InChI is InChI=1S/C20H20Cl2N2/c1-24(2)13-8-6-12(7-9-13)19-15-5-3-4-14(15)18-16(21)10-11-17(22)20(18)23-19/h3-4,6-11,14-15,19,23H,5H2,1-2H3. The number of hydrogen-bond donors (Lipinski definition) is 1. The molecule has 0 aromatic heterocycles. The Morgan fingerprint density at radius 3 is 2.42 bits per heavy atom. The second-order valence-corrected chi connectivity index (χ2v) is 7.59. The van der Waals surface area contributed by atoms with E-state index in [1.54, 1.807) is 0 Å². The zero-order valence-corrected chi connectivity index (χ0v) is 15.3. The molecule has 1 N–H and O–H groups in total. The van der Waals surface area contributed by atoms with E-state index in [4.69, 9.17) is 23.2 Å². The SMILES string of the molecule is CN(C)c1ccc(C2Nc3c(Cl)ccc(Cl)c3C3C=CCC32)cc1. The number of rotatable bonds is 2. The van der Waals surface area contributed by atoms with Gasteiger partial charge in [-0.2, -0.15) is 0 Å². The normalized spacial score (nSPS) is 24.2. The van der Waals surface area contributed by atoms with Gasteiger partial charge >= 0.3 is 0 Å². The Hall–Kier alpha value is -1.64. The van der Waals surface area contributed by atoms with Crippen LogP contribution in [0.2, 0.25) is 10.0 Å². The van der Waals surface area contributed by atoms with Crippen LogP contribution in [0.25, 0.3) is 0 Å². The van der Waals surface area contributed by atoms with Gasteiger partial charge in [0.05, 0.1) is 16.8 Å². The van der Waals surface area contributed by atoms with E-state index in [0.717, 1.165) is 27.7 Å². The number of halogens is 2. The third kappa shape index (κ3) is 2.49. The molecule has 0 spiro atoms. The molecule has 4 rings (SSSR count). The molecule has 0 amide bonds. The molecule has 3 atom stereocenters. The van der Waals surface area contributed by atoms with Gasteiger partial charge in [-0.25, -0.2) is 0 Å². The maximum atomic E-state index is 6.49. The summed E-state index contributed by atoms with van der Waals surface area (Å²) in [5, 5.41) is 5.21. The summed E-state index contributed by atoms with van der Waals surface area (Å²) in [6.45, 7) is 0.